The molecule has 16 nitrogen and oxygen atoms in total. The monoisotopic (exact) mass is 1350 g/mol. The molecule has 0 aromatic heterocycles. The Balaban J connectivity index is 0.000000119. The zero-order valence-electron chi connectivity index (χ0n) is 57.3. The molecule has 4 saturated heterocycles. The highest BCUT2D eigenvalue weighted by Crippen LogP contribution is 2.46. The standard InChI is InChI=1S/4C21H23NO3/c4*1-14-15-6-5-9-17(12-15)21(24,16-7-3-2-4-8-16)19-11-10-18(25-19)13-22-20(14)23/h4*2-9,12,14,18-19,24H,10-11,13H2,1H3,(H,22,23)/t4*14-,18-,19+,21-/m0000/s1. The van der Waals surface area contributed by atoms with Crippen LogP contribution < -0.4 is 21.3 Å². The summed E-state index contributed by atoms with van der Waals surface area (Å²) in [5.74, 6) is -1.09. The first-order chi connectivity index (χ1) is 48.3. The number of carbonyl (C=O) groups is 4. The van der Waals surface area contributed by atoms with Crippen molar-refractivity contribution in [3.63, 3.8) is 0 Å². The summed E-state index contributed by atoms with van der Waals surface area (Å²) in [6.07, 6.45) is 4.75. The summed E-state index contributed by atoms with van der Waals surface area (Å²) in [6, 6.07) is 69.6. The fraction of sp³-hybridized carbons (Fsp3) is 0.381. The average Bonchev–Trinajstić information content (AvgIpc) is 1.70. The molecule has 8 heterocycles. The van der Waals surface area contributed by atoms with Gasteiger partial charge in [0.2, 0.25) is 23.6 Å². The largest absolute Gasteiger partial charge is 0.378 e. The van der Waals surface area contributed by atoms with Gasteiger partial charge in [0.05, 0.1) is 72.5 Å². The van der Waals surface area contributed by atoms with Crippen LogP contribution in [-0.2, 0) is 60.5 Å². The van der Waals surface area contributed by atoms with Gasteiger partial charge < -0.3 is 60.6 Å². The summed E-state index contributed by atoms with van der Waals surface area (Å²) in [5, 5.41) is 59.3. The average molecular weight is 1350 g/mol. The Hall–Kier alpha value is -8.68. The maximum Gasteiger partial charge on any atom is 0.227 e. The summed E-state index contributed by atoms with van der Waals surface area (Å²) in [5.41, 5.74) is 5.14. The maximum atomic E-state index is 12.4. The third-order valence-electron chi connectivity index (χ3n) is 22.0. The predicted molar refractivity (Wildman–Crippen MR) is 381 cm³/mol. The van der Waals surface area contributed by atoms with E-state index in [1.807, 2.05) is 246 Å². The first-order valence-corrected chi connectivity index (χ1v) is 35.6. The molecule has 16 rings (SSSR count). The van der Waals surface area contributed by atoms with Crippen LogP contribution in [-0.4, -0.2) is 119 Å². The molecule has 8 aliphatic rings. The van der Waals surface area contributed by atoms with Crippen molar-refractivity contribution in [1.29, 1.82) is 0 Å². The van der Waals surface area contributed by atoms with E-state index in [0.717, 1.165) is 118 Å². The molecule has 0 spiro atoms. The van der Waals surface area contributed by atoms with Gasteiger partial charge in [-0.3, -0.25) is 19.2 Å². The quantitative estimate of drug-likeness (QED) is 0.0822. The highest BCUT2D eigenvalue weighted by atomic mass is 16.5. The summed E-state index contributed by atoms with van der Waals surface area (Å²) < 4.78 is 24.7. The Labute approximate surface area is 585 Å². The smallest absolute Gasteiger partial charge is 0.227 e. The first kappa shape index (κ1) is 69.8. The van der Waals surface area contributed by atoms with Crippen LogP contribution in [0.25, 0.3) is 0 Å². The number of aliphatic hydroxyl groups is 4. The van der Waals surface area contributed by atoms with Crippen LogP contribution in [0.2, 0.25) is 0 Å². The number of carbonyl (C=O) groups excluding carboxylic acids is 4. The topological polar surface area (TPSA) is 234 Å². The van der Waals surface area contributed by atoms with Gasteiger partial charge in [-0.1, -0.05) is 218 Å². The lowest BCUT2D eigenvalue weighted by molar-refractivity contribution is -0.124. The Kier molecular flexibility index (Phi) is 20.8. The first-order valence-electron chi connectivity index (χ1n) is 35.6. The minimum Gasteiger partial charge on any atom is -0.378 e. The van der Waals surface area contributed by atoms with Crippen molar-refractivity contribution >= 4 is 23.6 Å². The highest BCUT2D eigenvalue weighted by Gasteiger charge is 2.50. The minimum atomic E-state index is -1.22. The van der Waals surface area contributed by atoms with Gasteiger partial charge in [0.1, 0.15) is 22.4 Å². The van der Waals surface area contributed by atoms with Gasteiger partial charge in [0, 0.05) is 26.2 Å². The van der Waals surface area contributed by atoms with Crippen molar-refractivity contribution in [2.75, 3.05) is 26.2 Å². The number of ether oxygens (including phenoxy) is 4. The number of fused-ring (bicyclic) bond motifs is 16. The fourth-order valence-electron chi connectivity index (χ4n) is 15.8. The zero-order valence-corrected chi connectivity index (χ0v) is 57.3. The summed E-state index contributed by atoms with van der Waals surface area (Å²) >= 11 is 0. The molecule has 16 atom stereocenters. The molecule has 8 aliphatic heterocycles. The molecule has 0 unspecified atom stereocenters. The number of hydrogen-bond donors (Lipinski definition) is 8. The van der Waals surface area contributed by atoms with Gasteiger partial charge in [0.25, 0.3) is 0 Å². The molecule has 16 heteroatoms. The van der Waals surface area contributed by atoms with Crippen LogP contribution in [0.3, 0.4) is 0 Å². The van der Waals surface area contributed by atoms with E-state index < -0.39 is 22.4 Å². The SMILES string of the molecule is C[C@@H]1C(=O)NC[C@@H]2CC[C@@H](O2)[C@](O)(c2ccccc2)c2cccc1c2.C[C@@H]1C(=O)NC[C@@H]2CC[C@@H](O2)[C@](O)(c2ccccc2)c2cccc1c2.C[C@@H]1C(=O)NC[C@@H]2CC[C@@H](O2)[C@](O)(c2ccccc2)c2cccc1c2.C[C@@H]1C(=O)NC[C@@H]2CC[C@@H](O2)[C@](O)(c2ccccc2)c2cccc1c2. The summed E-state index contributed by atoms with van der Waals surface area (Å²) in [6.45, 7) is 9.53. The molecule has 16 bridgehead atoms. The number of hydrogen-bond acceptors (Lipinski definition) is 12. The van der Waals surface area contributed by atoms with Crippen LogP contribution in [0.5, 0.6) is 0 Å². The lowest BCUT2D eigenvalue weighted by atomic mass is 9.79. The Morgan fingerprint density at radius 2 is 0.460 bits per heavy atom. The van der Waals surface area contributed by atoms with E-state index in [4.69, 9.17) is 18.9 Å². The van der Waals surface area contributed by atoms with Crippen molar-refractivity contribution in [3.8, 4) is 0 Å². The van der Waals surface area contributed by atoms with Crippen molar-refractivity contribution in [2.45, 2.75) is 174 Å². The van der Waals surface area contributed by atoms with E-state index in [1.165, 1.54) is 0 Å². The van der Waals surface area contributed by atoms with E-state index in [0.29, 0.717) is 26.2 Å². The molecule has 8 aromatic carbocycles. The van der Waals surface area contributed by atoms with Crippen LogP contribution in [0, 0.1) is 0 Å². The molecule has 4 amide bonds. The fourth-order valence-corrected chi connectivity index (χ4v) is 15.8. The second kappa shape index (κ2) is 29.9. The van der Waals surface area contributed by atoms with E-state index >= 15 is 0 Å². The van der Waals surface area contributed by atoms with E-state index in [-0.39, 0.29) is 96.1 Å². The lowest BCUT2D eigenvalue weighted by Gasteiger charge is -2.35. The number of benzene rings is 8. The molecule has 8 N–H and O–H groups in total. The van der Waals surface area contributed by atoms with Gasteiger partial charge in [0.15, 0.2) is 0 Å². The van der Waals surface area contributed by atoms with Gasteiger partial charge >= 0.3 is 0 Å². The number of nitrogens with one attached hydrogen (secondary N) is 4. The van der Waals surface area contributed by atoms with Crippen LogP contribution in [0.4, 0.5) is 0 Å². The van der Waals surface area contributed by atoms with Gasteiger partial charge in [-0.05, 0) is 146 Å². The Morgan fingerprint density at radius 3 is 0.660 bits per heavy atom. The third-order valence-corrected chi connectivity index (χ3v) is 22.0. The normalized spacial score (nSPS) is 31.9. The molecule has 8 aromatic rings. The van der Waals surface area contributed by atoms with Gasteiger partial charge in [-0.2, -0.15) is 0 Å². The van der Waals surface area contributed by atoms with E-state index in [1.54, 1.807) is 0 Å². The lowest BCUT2D eigenvalue weighted by Crippen LogP contribution is -2.41. The molecule has 520 valence electrons. The third kappa shape index (κ3) is 14.0. The highest BCUT2D eigenvalue weighted by molar-refractivity contribution is 5.85. The molecular formula is C84H92N4O12. The van der Waals surface area contributed by atoms with Crippen molar-refractivity contribution < 1.29 is 58.6 Å². The second-order valence-electron chi connectivity index (χ2n) is 28.2. The van der Waals surface area contributed by atoms with Gasteiger partial charge in [-0.15, -0.1) is 0 Å². The Bertz CT molecular complexity index is 3630. The molecule has 0 radical (unpaired) electrons. The van der Waals surface area contributed by atoms with Crippen molar-refractivity contribution in [3.05, 3.63) is 285 Å². The van der Waals surface area contributed by atoms with Crippen LogP contribution in [0.1, 0.15) is 169 Å². The number of amides is 4. The molecule has 100 heavy (non-hydrogen) atoms. The van der Waals surface area contributed by atoms with Crippen molar-refractivity contribution in [2.24, 2.45) is 0 Å². The van der Waals surface area contributed by atoms with Crippen LogP contribution in [0.15, 0.2) is 218 Å². The maximum absolute atomic E-state index is 12.4. The molecular weight excluding hydrogens is 1260 g/mol. The summed E-state index contributed by atoms with van der Waals surface area (Å²) in [7, 11) is 0. The zero-order chi connectivity index (χ0) is 69.8. The number of rotatable bonds is 4. The second-order valence-corrected chi connectivity index (χ2v) is 28.2. The molecule has 0 aliphatic carbocycles. The van der Waals surface area contributed by atoms with Crippen molar-refractivity contribution in [1.82, 2.24) is 21.3 Å². The summed E-state index contributed by atoms with van der Waals surface area (Å²) in [4.78, 5) is 49.7. The van der Waals surface area contributed by atoms with E-state index in [9.17, 15) is 39.6 Å². The predicted octanol–water partition coefficient (Wildman–Crippen LogP) is 10.8. The molecule has 4 fully saturated rings. The molecule has 0 saturated carbocycles. The minimum absolute atomic E-state index is 0.00523. The van der Waals surface area contributed by atoms with E-state index in [2.05, 4.69) is 21.3 Å². The Morgan fingerprint density at radius 1 is 0.270 bits per heavy atom. The van der Waals surface area contributed by atoms with Crippen LogP contribution >= 0.6 is 0 Å². The van der Waals surface area contributed by atoms with Gasteiger partial charge in [-0.25, -0.2) is 0 Å².